The average Bonchev–Trinajstić information content (AvgIpc) is 2.61. The van der Waals surface area contributed by atoms with Crippen molar-refractivity contribution in [2.45, 2.75) is 32.2 Å². The number of hydrogen-bond donors (Lipinski definition) is 0. The Balaban J connectivity index is 1.88. The molecule has 0 unspecified atom stereocenters. The minimum atomic E-state index is -0.0888. The Morgan fingerprint density at radius 3 is 3.12 bits per heavy atom. The Bertz CT molecular complexity index is 783. The molecule has 2 aliphatic heterocycles. The molecule has 0 aliphatic carbocycles. The van der Waals surface area contributed by atoms with Crippen LogP contribution in [-0.2, 0) is 4.79 Å². The van der Waals surface area contributed by atoms with E-state index in [1.165, 1.54) is 0 Å². The fourth-order valence-corrected chi connectivity index (χ4v) is 3.46. The average molecular weight is 326 g/mol. The maximum atomic E-state index is 12.1. The summed E-state index contributed by atoms with van der Waals surface area (Å²) in [5, 5.41) is 9.75. The monoisotopic (exact) mass is 326 g/mol. The first-order chi connectivity index (χ1) is 11.6. The number of likely N-dealkylation sites (tertiary alicyclic amines) is 1. The molecule has 0 bridgehead atoms. The third-order valence-electron chi connectivity index (χ3n) is 4.91. The van der Waals surface area contributed by atoms with Crippen molar-refractivity contribution in [2.75, 3.05) is 31.6 Å². The molecular formula is C17H22N6O. The summed E-state index contributed by atoms with van der Waals surface area (Å²) < 4.78 is 0. The fraction of sp³-hybridized carbons (Fsp3) is 0.588. The Morgan fingerprint density at radius 1 is 1.50 bits per heavy atom. The lowest BCUT2D eigenvalue weighted by Crippen LogP contribution is -2.54. The molecule has 3 rings (SSSR count). The lowest BCUT2D eigenvalue weighted by atomic mass is 9.92. The van der Waals surface area contributed by atoms with Crippen molar-refractivity contribution in [3.63, 3.8) is 0 Å². The molecule has 2 atom stereocenters. The number of nitriles is 1. The van der Waals surface area contributed by atoms with Gasteiger partial charge in [0, 0.05) is 26.7 Å². The van der Waals surface area contributed by atoms with Gasteiger partial charge in [0.2, 0.25) is 5.91 Å². The topological polar surface area (TPSA) is 85.5 Å². The number of anilines is 1. The molecule has 2 aliphatic rings. The molecule has 126 valence electrons. The Morgan fingerprint density at radius 2 is 2.33 bits per heavy atom. The van der Waals surface area contributed by atoms with Gasteiger partial charge in [-0.15, -0.1) is 0 Å². The van der Waals surface area contributed by atoms with E-state index in [4.69, 9.17) is 5.26 Å². The summed E-state index contributed by atoms with van der Waals surface area (Å²) in [5.74, 6) is 1.22. The molecule has 1 amide bonds. The van der Waals surface area contributed by atoms with Gasteiger partial charge in [-0.05, 0) is 18.8 Å². The molecule has 1 aromatic rings. The van der Waals surface area contributed by atoms with Gasteiger partial charge in [0.15, 0.2) is 5.49 Å². The van der Waals surface area contributed by atoms with Crippen LogP contribution in [0.2, 0.25) is 0 Å². The molecule has 24 heavy (non-hydrogen) atoms. The number of hydrogen-bond acceptors (Lipinski definition) is 6. The highest BCUT2D eigenvalue weighted by Gasteiger charge is 2.32. The first-order valence-corrected chi connectivity index (χ1v) is 8.35. The summed E-state index contributed by atoms with van der Waals surface area (Å²) in [6, 6.07) is 2.11. The number of aromatic nitrogens is 2. The van der Waals surface area contributed by atoms with Crippen LogP contribution < -0.4 is 15.6 Å². The number of carbonyl (C=O) groups excluding carboxylic acids is 1. The van der Waals surface area contributed by atoms with Crippen molar-refractivity contribution < 1.29 is 4.79 Å². The van der Waals surface area contributed by atoms with Crippen LogP contribution in [0.5, 0.6) is 0 Å². The second kappa shape index (κ2) is 6.95. The Kier molecular flexibility index (Phi) is 4.74. The number of likely N-dealkylation sites (N-methyl/N-ethyl adjacent to an activating group) is 1. The van der Waals surface area contributed by atoms with Gasteiger partial charge in [-0.25, -0.2) is 9.97 Å². The van der Waals surface area contributed by atoms with Crippen LogP contribution in [0, 0.1) is 17.2 Å². The SMILES string of the molecule is C[C@@H]1CCN(C(=O)CC#N)C[C@@H]1N(C)c1ncnc2c1=CCCN=2. The first-order valence-electron chi connectivity index (χ1n) is 8.35. The Hall–Kier alpha value is -2.49. The van der Waals surface area contributed by atoms with Gasteiger partial charge in [0.05, 0.1) is 17.3 Å². The zero-order valence-electron chi connectivity index (χ0n) is 14.1. The summed E-state index contributed by atoms with van der Waals surface area (Å²) in [4.78, 5) is 29.2. The van der Waals surface area contributed by atoms with E-state index in [2.05, 4.69) is 32.9 Å². The first kappa shape index (κ1) is 16.4. The minimum Gasteiger partial charge on any atom is -0.354 e. The van der Waals surface area contributed by atoms with E-state index in [9.17, 15) is 4.79 Å². The third kappa shape index (κ3) is 3.09. The molecular weight excluding hydrogens is 304 g/mol. The van der Waals surface area contributed by atoms with Gasteiger partial charge in [-0.1, -0.05) is 13.0 Å². The van der Waals surface area contributed by atoms with E-state index >= 15 is 0 Å². The van der Waals surface area contributed by atoms with Gasteiger partial charge in [0.1, 0.15) is 18.6 Å². The quantitative estimate of drug-likeness (QED) is 0.772. The van der Waals surface area contributed by atoms with E-state index in [0.717, 1.165) is 42.5 Å². The molecule has 0 aromatic carbocycles. The Labute approximate surface area is 141 Å². The molecule has 0 spiro atoms. The molecule has 0 saturated carbocycles. The highest BCUT2D eigenvalue weighted by atomic mass is 16.2. The van der Waals surface area contributed by atoms with E-state index < -0.39 is 0 Å². The fourth-order valence-electron chi connectivity index (χ4n) is 3.46. The van der Waals surface area contributed by atoms with Crippen molar-refractivity contribution in [2.24, 2.45) is 10.9 Å². The summed E-state index contributed by atoms with van der Waals surface area (Å²) in [7, 11) is 2.02. The van der Waals surface area contributed by atoms with Gasteiger partial charge in [-0.3, -0.25) is 9.79 Å². The minimum absolute atomic E-state index is 0.0552. The number of piperidine rings is 1. The normalized spacial score (nSPS) is 22.6. The summed E-state index contributed by atoms with van der Waals surface area (Å²) in [6.07, 6.45) is 5.46. The highest BCUT2D eigenvalue weighted by Crippen LogP contribution is 2.23. The molecule has 1 fully saturated rings. The highest BCUT2D eigenvalue weighted by molar-refractivity contribution is 5.78. The van der Waals surface area contributed by atoms with Gasteiger partial charge < -0.3 is 9.80 Å². The van der Waals surface area contributed by atoms with Crippen LogP contribution in [0.4, 0.5) is 5.82 Å². The van der Waals surface area contributed by atoms with Gasteiger partial charge >= 0.3 is 0 Å². The molecule has 7 nitrogen and oxygen atoms in total. The van der Waals surface area contributed by atoms with Crippen LogP contribution in [0.15, 0.2) is 11.3 Å². The van der Waals surface area contributed by atoms with E-state index in [-0.39, 0.29) is 18.4 Å². The van der Waals surface area contributed by atoms with Crippen LogP contribution in [0.1, 0.15) is 26.2 Å². The predicted octanol–water partition coefficient (Wildman–Crippen LogP) is -0.133. The number of nitrogens with zero attached hydrogens (tertiary/aromatic N) is 6. The summed E-state index contributed by atoms with van der Waals surface area (Å²) in [6.45, 7) is 4.31. The second-order valence-electron chi connectivity index (χ2n) is 6.43. The number of fused-ring (bicyclic) bond motifs is 1. The lowest BCUT2D eigenvalue weighted by molar-refractivity contribution is -0.131. The molecule has 1 aromatic heterocycles. The van der Waals surface area contributed by atoms with Gasteiger partial charge in [-0.2, -0.15) is 5.26 Å². The third-order valence-corrected chi connectivity index (χ3v) is 4.91. The molecule has 1 saturated heterocycles. The van der Waals surface area contributed by atoms with Crippen molar-refractivity contribution in [3.8, 4) is 6.07 Å². The smallest absolute Gasteiger partial charge is 0.236 e. The van der Waals surface area contributed by atoms with Crippen LogP contribution in [0.25, 0.3) is 6.08 Å². The predicted molar refractivity (Wildman–Crippen MR) is 89.5 cm³/mol. The molecule has 3 heterocycles. The van der Waals surface area contributed by atoms with Gasteiger partial charge in [0.25, 0.3) is 0 Å². The zero-order chi connectivity index (χ0) is 17.1. The number of rotatable bonds is 3. The lowest BCUT2D eigenvalue weighted by Gasteiger charge is -2.42. The van der Waals surface area contributed by atoms with Crippen LogP contribution >= 0.6 is 0 Å². The second-order valence-corrected chi connectivity index (χ2v) is 6.43. The van der Waals surface area contributed by atoms with E-state index in [1.807, 2.05) is 13.1 Å². The van der Waals surface area contributed by atoms with E-state index in [1.54, 1.807) is 11.2 Å². The molecule has 0 radical (unpaired) electrons. The zero-order valence-corrected chi connectivity index (χ0v) is 14.1. The van der Waals surface area contributed by atoms with Crippen molar-refractivity contribution in [3.05, 3.63) is 17.0 Å². The maximum absolute atomic E-state index is 12.1. The standard InChI is InChI=1S/C17H22N6O/c1-12-6-9-23(15(24)5-7-18)10-14(12)22(2)17-13-4-3-8-19-16(13)20-11-21-17/h4,11-12,14H,3,5-6,8-10H2,1-2H3/t12-,14+/m1/s1. The summed E-state index contributed by atoms with van der Waals surface area (Å²) >= 11 is 0. The van der Waals surface area contributed by atoms with Crippen molar-refractivity contribution >= 4 is 17.8 Å². The van der Waals surface area contributed by atoms with Crippen molar-refractivity contribution in [1.82, 2.24) is 14.9 Å². The van der Waals surface area contributed by atoms with Crippen LogP contribution in [0.3, 0.4) is 0 Å². The van der Waals surface area contributed by atoms with E-state index in [0.29, 0.717) is 12.5 Å². The summed E-state index contributed by atoms with van der Waals surface area (Å²) in [5.41, 5.74) is 0.749. The number of amides is 1. The molecule has 0 N–H and O–H groups in total. The van der Waals surface area contributed by atoms with Crippen LogP contribution in [-0.4, -0.2) is 53.5 Å². The molecule has 7 heteroatoms. The number of carbonyl (C=O) groups is 1. The largest absolute Gasteiger partial charge is 0.354 e. The maximum Gasteiger partial charge on any atom is 0.236 e. The van der Waals surface area contributed by atoms with Crippen molar-refractivity contribution in [1.29, 1.82) is 5.26 Å².